The molecule has 0 bridgehead atoms. The molecule has 0 unspecified atom stereocenters. The smallest absolute Gasteiger partial charge is 0.261 e. The van der Waals surface area contributed by atoms with Gasteiger partial charge in [-0.25, -0.2) is 9.37 Å². The average molecular weight is 379 g/mol. The second kappa shape index (κ2) is 8.93. The number of hydrogen-bond donors (Lipinski definition) is 2. The highest BCUT2D eigenvalue weighted by atomic mass is 35.5. The molecule has 26 heavy (non-hydrogen) atoms. The highest BCUT2D eigenvalue weighted by molar-refractivity contribution is 6.34. The minimum atomic E-state index is -0.670. The van der Waals surface area contributed by atoms with Crippen LogP contribution in [0, 0.1) is 5.82 Å². The van der Waals surface area contributed by atoms with E-state index in [4.69, 9.17) is 16.3 Å². The number of amides is 1. The number of halogens is 2. The molecule has 2 N–H and O–H groups in total. The number of benzene rings is 1. The minimum Gasteiger partial charge on any atom is -0.383 e. The number of rotatable bonds is 6. The van der Waals surface area contributed by atoms with Gasteiger partial charge in [0.25, 0.3) is 5.91 Å². The van der Waals surface area contributed by atoms with Crippen LogP contribution in [0.2, 0.25) is 5.02 Å². The zero-order valence-corrected chi connectivity index (χ0v) is 14.9. The normalized spacial score (nSPS) is 14.8. The Balaban J connectivity index is 1.51. The molecular formula is C18H20ClFN4O2. The minimum absolute atomic E-state index is 0.0592. The van der Waals surface area contributed by atoms with Crippen molar-refractivity contribution in [3.63, 3.8) is 0 Å². The SMILES string of the molecule is O=C(Nc1ccc(NCCN2CCOCC2)cn1)c1c(F)cccc1Cl. The number of morpholine rings is 1. The first-order valence-electron chi connectivity index (χ1n) is 8.39. The van der Waals surface area contributed by atoms with Crippen LogP contribution in [0.3, 0.4) is 0 Å². The Morgan fingerprint density at radius 2 is 2.08 bits per heavy atom. The topological polar surface area (TPSA) is 66.5 Å². The molecule has 0 spiro atoms. The standard InChI is InChI=1S/C18H20ClFN4O2/c19-14-2-1-3-15(20)17(14)18(25)23-16-5-4-13(12-22-16)21-6-7-24-8-10-26-11-9-24/h1-5,12,21H,6-11H2,(H,22,23,25). The number of ether oxygens (including phenoxy) is 1. The molecule has 0 radical (unpaired) electrons. The molecule has 1 fully saturated rings. The van der Waals surface area contributed by atoms with Crippen molar-refractivity contribution in [3.05, 3.63) is 52.9 Å². The number of pyridine rings is 1. The van der Waals surface area contributed by atoms with Crippen LogP contribution < -0.4 is 10.6 Å². The van der Waals surface area contributed by atoms with Gasteiger partial charge in [0.05, 0.1) is 35.7 Å². The van der Waals surface area contributed by atoms with Gasteiger partial charge >= 0.3 is 0 Å². The quantitative estimate of drug-likeness (QED) is 0.809. The van der Waals surface area contributed by atoms with Gasteiger partial charge in [0.1, 0.15) is 11.6 Å². The van der Waals surface area contributed by atoms with Gasteiger partial charge in [0.2, 0.25) is 0 Å². The second-order valence-electron chi connectivity index (χ2n) is 5.86. The van der Waals surface area contributed by atoms with Crippen molar-refractivity contribution < 1.29 is 13.9 Å². The van der Waals surface area contributed by atoms with E-state index in [0.29, 0.717) is 5.82 Å². The summed E-state index contributed by atoms with van der Waals surface area (Å²) in [5.74, 6) is -0.974. The van der Waals surface area contributed by atoms with E-state index in [9.17, 15) is 9.18 Å². The van der Waals surface area contributed by atoms with Crippen LogP contribution in [0.4, 0.5) is 15.9 Å². The lowest BCUT2D eigenvalue weighted by Gasteiger charge is -2.26. The van der Waals surface area contributed by atoms with Crippen molar-refractivity contribution in [2.24, 2.45) is 0 Å². The summed E-state index contributed by atoms with van der Waals surface area (Å²) >= 11 is 5.89. The Kier molecular flexibility index (Phi) is 6.38. The molecule has 0 aliphatic carbocycles. The van der Waals surface area contributed by atoms with Crippen molar-refractivity contribution in [2.75, 3.05) is 50.0 Å². The lowest BCUT2D eigenvalue weighted by molar-refractivity contribution is 0.0398. The number of nitrogens with zero attached hydrogens (tertiary/aromatic N) is 2. The largest absolute Gasteiger partial charge is 0.383 e. The van der Waals surface area contributed by atoms with Crippen LogP contribution in [-0.2, 0) is 4.74 Å². The molecule has 2 heterocycles. The molecule has 1 aliphatic rings. The fourth-order valence-electron chi connectivity index (χ4n) is 2.65. The fourth-order valence-corrected chi connectivity index (χ4v) is 2.90. The predicted molar refractivity (Wildman–Crippen MR) is 99.3 cm³/mol. The van der Waals surface area contributed by atoms with Crippen molar-refractivity contribution in [1.82, 2.24) is 9.88 Å². The van der Waals surface area contributed by atoms with Crippen LogP contribution in [0.25, 0.3) is 0 Å². The van der Waals surface area contributed by atoms with Crippen LogP contribution >= 0.6 is 11.6 Å². The van der Waals surface area contributed by atoms with Crippen molar-refractivity contribution in [3.8, 4) is 0 Å². The summed E-state index contributed by atoms with van der Waals surface area (Å²) in [7, 11) is 0. The van der Waals surface area contributed by atoms with Gasteiger partial charge in [-0.1, -0.05) is 17.7 Å². The first-order chi connectivity index (χ1) is 12.6. The third-order valence-electron chi connectivity index (χ3n) is 4.06. The molecule has 0 saturated carbocycles. The number of carbonyl (C=O) groups excluding carboxylic acids is 1. The van der Waals surface area contributed by atoms with Gasteiger partial charge in [-0.15, -0.1) is 0 Å². The monoisotopic (exact) mass is 378 g/mol. The number of anilines is 2. The van der Waals surface area contributed by atoms with E-state index >= 15 is 0 Å². The van der Waals surface area contributed by atoms with E-state index in [0.717, 1.165) is 45.1 Å². The van der Waals surface area contributed by atoms with E-state index in [1.807, 2.05) is 6.07 Å². The summed E-state index contributed by atoms with van der Waals surface area (Å²) in [6.07, 6.45) is 1.62. The number of nitrogens with one attached hydrogen (secondary N) is 2. The molecule has 3 rings (SSSR count). The lowest BCUT2D eigenvalue weighted by Crippen LogP contribution is -2.39. The molecule has 1 aromatic heterocycles. The highest BCUT2D eigenvalue weighted by Crippen LogP contribution is 2.20. The van der Waals surface area contributed by atoms with E-state index < -0.39 is 11.7 Å². The van der Waals surface area contributed by atoms with Gasteiger partial charge < -0.3 is 15.4 Å². The Bertz CT molecular complexity index is 731. The predicted octanol–water partition coefficient (Wildman–Crippen LogP) is 2.87. The Labute approximate surface area is 156 Å². The van der Waals surface area contributed by atoms with Gasteiger partial charge in [-0.05, 0) is 24.3 Å². The van der Waals surface area contributed by atoms with Gasteiger partial charge in [-0.3, -0.25) is 9.69 Å². The third kappa shape index (κ3) is 4.91. The number of carbonyl (C=O) groups is 1. The summed E-state index contributed by atoms with van der Waals surface area (Å²) in [6, 6.07) is 7.57. The van der Waals surface area contributed by atoms with E-state index in [2.05, 4.69) is 20.5 Å². The molecule has 8 heteroatoms. The van der Waals surface area contributed by atoms with Crippen LogP contribution in [0.1, 0.15) is 10.4 Å². The first kappa shape index (κ1) is 18.6. The first-order valence-corrected chi connectivity index (χ1v) is 8.76. The summed E-state index contributed by atoms with van der Waals surface area (Å²) < 4.78 is 19.1. The highest BCUT2D eigenvalue weighted by Gasteiger charge is 2.16. The maximum atomic E-state index is 13.8. The number of hydrogen-bond acceptors (Lipinski definition) is 5. The van der Waals surface area contributed by atoms with Crippen molar-refractivity contribution in [2.45, 2.75) is 0 Å². The molecule has 0 atom stereocenters. The lowest BCUT2D eigenvalue weighted by atomic mass is 10.2. The molecule has 2 aromatic rings. The maximum absolute atomic E-state index is 13.8. The van der Waals surface area contributed by atoms with Gasteiger partial charge in [0, 0.05) is 26.2 Å². The van der Waals surface area contributed by atoms with E-state index in [1.54, 1.807) is 12.3 Å². The van der Waals surface area contributed by atoms with E-state index in [-0.39, 0.29) is 10.6 Å². The zero-order valence-electron chi connectivity index (χ0n) is 14.2. The second-order valence-corrected chi connectivity index (χ2v) is 6.27. The molecule has 1 saturated heterocycles. The molecule has 6 nitrogen and oxygen atoms in total. The van der Waals surface area contributed by atoms with Crippen LogP contribution in [0.5, 0.6) is 0 Å². The number of aromatic nitrogens is 1. The zero-order chi connectivity index (χ0) is 18.4. The van der Waals surface area contributed by atoms with Crippen LogP contribution in [0.15, 0.2) is 36.5 Å². The summed E-state index contributed by atoms with van der Waals surface area (Å²) in [6.45, 7) is 5.17. The Hall–Kier alpha value is -2.22. The maximum Gasteiger partial charge on any atom is 0.261 e. The third-order valence-corrected chi connectivity index (χ3v) is 4.37. The van der Waals surface area contributed by atoms with Gasteiger partial charge in [-0.2, -0.15) is 0 Å². The molecular weight excluding hydrogens is 359 g/mol. The molecule has 1 amide bonds. The molecule has 138 valence electrons. The molecule has 1 aliphatic heterocycles. The van der Waals surface area contributed by atoms with Crippen molar-refractivity contribution >= 4 is 29.0 Å². The van der Waals surface area contributed by atoms with Crippen LogP contribution in [-0.4, -0.2) is 55.2 Å². The average Bonchev–Trinajstić information content (AvgIpc) is 2.64. The summed E-state index contributed by atoms with van der Waals surface area (Å²) in [5, 5.41) is 5.89. The Morgan fingerprint density at radius 3 is 2.77 bits per heavy atom. The fraction of sp³-hybridized carbons (Fsp3) is 0.333. The van der Waals surface area contributed by atoms with Crippen molar-refractivity contribution in [1.29, 1.82) is 0 Å². The van der Waals surface area contributed by atoms with E-state index in [1.165, 1.54) is 18.2 Å². The Morgan fingerprint density at radius 1 is 1.27 bits per heavy atom. The van der Waals surface area contributed by atoms with Gasteiger partial charge in [0.15, 0.2) is 0 Å². The summed E-state index contributed by atoms with van der Waals surface area (Å²) in [4.78, 5) is 18.7. The summed E-state index contributed by atoms with van der Waals surface area (Å²) in [5.41, 5.74) is 0.656. The molecule has 1 aromatic carbocycles.